The van der Waals surface area contributed by atoms with Gasteiger partial charge in [-0.15, -0.1) is 0 Å². The van der Waals surface area contributed by atoms with Crippen LogP contribution in [0.4, 0.5) is 0 Å². The van der Waals surface area contributed by atoms with Gasteiger partial charge in [-0.05, 0) is 25.0 Å². The van der Waals surface area contributed by atoms with E-state index in [0.29, 0.717) is 6.04 Å². The van der Waals surface area contributed by atoms with E-state index in [1.807, 2.05) is 24.4 Å². The Balaban J connectivity index is 1.53. The Morgan fingerprint density at radius 3 is 2.76 bits per heavy atom. The number of likely N-dealkylation sites (tertiary alicyclic amines) is 1. The van der Waals surface area contributed by atoms with E-state index >= 15 is 0 Å². The van der Waals surface area contributed by atoms with Gasteiger partial charge in [0.25, 0.3) is 0 Å². The highest BCUT2D eigenvalue weighted by molar-refractivity contribution is 5.81. The van der Waals surface area contributed by atoms with E-state index in [-0.39, 0.29) is 5.69 Å². The number of benzene rings is 1. The van der Waals surface area contributed by atoms with Crippen LogP contribution in [0.3, 0.4) is 0 Å². The number of aromatic amines is 1. The van der Waals surface area contributed by atoms with E-state index in [1.54, 1.807) is 17.8 Å². The molecule has 0 aliphatic carbocycles. The van der Waals surface area contributed by atoms with Gasteiger partial charge in [0.05, 0.1) is 34.8 Å². The molecule has 25 heavy (non-hydrogen) atoms. The summed E-state index contributed by atoms with van der Waals surface area (Å²) in [6, 6.07) is 6.15. The molecule has 0 spiro atoms. The summed E-state index contributed by atoms with van der Waals surface area (Å²) in [6.07, 6.45) is 5.73. The first-order valence-electron chi connectivity index (χ1n) is 8.58. The van der Waals surface area contributed by atoms with Gasteiger partial charge in [0, 0.05) is 38.3 Å². The highest BCUT2D eigenvalue weighted by atomic mass is 16.1. The van der Waals surface area contributed by atoms with Crippen molar-refractivity contribution in [3.05, 3.63) is 46.8 Å². The van der Waals surface area contributed by atoms with E-state index in [2.05, 4.69) is 19.9 Å². The van der Waals surface area contributed by atoms with Crippen molar-refractivity contribution in [1.82, 2.24) is 24.4 Å². The molecule has 130 valence electrons. The number of imidazole rings is 1. The Labute approximate surface area is 145 Å². The van der Waals surface area contributed by atoms with Crippen LogP contribution >= 0.6 is 0 Å². The van der Waals surface area contributed by atoms with Crippen molar-refractivity contribution in [2.45, 2.75) is 25.4 Å². The van der Waals surface area contributed by atoms with Crippen molar-refractivity contribution < 1.29 is 0 Å². The fourth-order valence-corrected chi connectivity index (χ4v) is 3.31. The molecular weight excluding hydrogens is 316 g/mol. The third-order valence-electron chi connectivity index (χ3n) is 4.92. The molecule has 7 heteroatoms. The number of piperidine rings is 1. The number of nitrogens with two attached hydrogens (primary N) is 1. The van der Waals surface area contributed by atoms with Gasteiger partial charge in [0.15, 0.2) is 0 Å². The summed E-state index contributed by atoms with van der Waals surface area (Å²) in [5, 5.41) is 0. The van der Waals surface area contributed by atoms with Gasteiger partial charge in [0.2, 0.25) is 0 Å². The highest BCUT2D eigenvalue weighted by Crippen LogP contribution is 2.21. The normalized spacial score (nSPS) is 16.6. The first kappa shape index (κ1) is 16.0. The second kappa shape index (κ2) is 6.42. The minimum absolute atomic E-state index is 0.116. The van der Waals surface area contributed by atoms with E-state index in [1.165, 1.54) is 0 Å². The molecule has 0 bridgehead atoms. The van der Waals surface area contributed by atoms with Crippen LogP contribution in [0.2, 0.25) is 0 Å². The third kappa shape index (κ3) is 3.20. The number of nitrogens with one attached hydrogen (secondary N) is 1. The van der Waals surface area contributed by atoms with Gasteiger partial charge >= 0.3 is 5.69 Å². The molecule has 3 heterocycles. The Bertz CT molecular complexity index is 934. The number of aromatic nitrogens is 4. The Kier molecular flexibility index (Phi) is 4.10. The first-order chi connectivity index (χ1) is 12.1. The van der Waals surface area contributed by atoms with Crippen LogP contribution in [0.5, 0.6) is 0 Å². The summed E-state index contributed by atoms with van der Waals surface area (Å²) in [5.41, 5.74) is 10.2. The number of hydrogen-bond acceptors (Lipinski definition) is 5. The van der Waals surface area contributed by atoms with E-state index < -0.39 is 0 Å². The fourth-order valence-electron chi connectivity index (χ4n) is 3.31. The molecule has 3 aromatic rings. The molecule has 2 aromatic heterocycles. The van der Waals surface area contributed by atoms with Crippen LogP contribution in [-0.4, -0.2) is 43.6 Å². The average Bonchev–Trinajstić information content (AvgIpc) is 2.92. The first-order valence-corrected chi connectivity index (χ1v) is 8.58. The number of H-pyrrole nitrogens is 1. The Morgan fingerprint density at radius 2 is 2.04 bits per heavy atom. The van der Waals surface area contributed by atoms with Crippen molar-refractivity contribution in [2.24, 2.45) is 12.8 Å². The van der Waals surface area contributed by atoms with Crippen molar-refractivity contribution in [3.63, 3.8) is 0 Å². The van der Waals surface area contributed by atoms with Gasteiger partial charge in [-0.3, -0.25) is 19.4 Å². The summed E-state index contributed by atoms with van der Waals surface area (Å²) >= 11 is 0. The molecule has 1 aliphatic heterocycles. The number of fused-ring (bicyclic) bond motifs is 1. The highest BCUT2D eigenvalue weighted by Gasteiger charge is 2.16. The lowest BCUT2D eigenvalue weighted by molar-refractivity contribution is 0.203. The minimum atomic E-state index is -0.116. The number of hydrogen-bond donors (Lipinski definition) is 2. The lowest BCUT2D eigenvalue weighted by Gasteiger charge is -2.29. The van der Waals surface area contributed by atoms with E-state index in [0.717, 1.165) is 60.5 Å². The zero-order valence-electron chi connectivity index (χ0n) is 14.3. The van der Waals surface area contributed by atoms with Gasteiger partial charge in [-0.2, -0.15) is 0 Å². The van der Waals surface area contributed by atoms with E-state index in [4.69, 9.17) is 5.73 Å². The molecule has 1 saturated heterocycles. The van der Waals surface area contributed by atoms with Gasteiger partial charge in [-0.1, -0.05) is 6.07 Å². The maximum atomic E-state index is 11.7. The Morgan fingerprint density at radius 1 is 1.24 bits per heavy atom. The molecular formula is C18H22N6O. The van der Waals surface area contributed by atoms with Crippen LogP contribution in [-0.2, 0) is 13.6 Å². The van der Waals surface area contributed by atoms with Crippen molar-refractivity contribution in [1.29, 1.82) is 0 Å². The molecule has 7 nitrogen and oxygen atoms in total. The average molecular weight is 338 g/mol. The van der Waals surface area contributed by atoms with Crippen molar-refractivity contribution >= 4 is 11.0 Å². The maximum absolute atomic E-state index is 11.7. The zero-order valence-corrected chi connectivity index (χ0v) is 14.3. The fraction of sp³-hybridized carbons (Fsp3) is 0.389. The maximum Gasteiger partial charge on any atom is 0.326 e. The summed E-state index contributed by atoms with van der Waals surface area (Å²) in [7, 11) is 1.75. The molecule has 0 amide bonds. The summed E-state index contributed by atoms with van der Waals surface area (Å²) < 4.78 is 1.60. The zero-order chi connectivity index (χ0) is 17.4. The summed E-state index contributed by atoms with van der Waals surface area (Å²) in [6.45, 7) is 2.84. The molecule has 3 N–H and O–H groups in total. The number of nitrogens with zero attached hydrogens (tertiary/aromatic N) is 4. The van der Waals surface area contributed by atoms with Crippen LogP contribution in [0.25, 0.3) is 22.3 Å². The topological polar surface area (TPSA) is 92.8 Å². The predicted molar refractivity (Wildman–Crippen MR) is 97.1 cm³/mol. The second-order valence-corrected chi connectivity index (χ2v) is 6.73. The van der Waals surface area contributed by atoms with Gasteiger partial charge in [0.1, 0.15) is 0 Å². The molecule has 4 rings (SSSR count). The second-order valence-electron chi connectivity index (χ2n) is 6.73. The SMILES string of the molecule is Cn1c(=O)[nH]c2ccc(-c3cnc(CN4CCC(N)CC4)cn3)cc21. The molecule has 0 unspecified atom stereocenters. The molecule has 0 radical (unpaired) electrons. The van der Waals surface area contributed by atoms with Crippen LogP contribution in [0, 0.1) is 0 Å². The van der Waals surface area contributed by atoms with Gasteiger partial charge < -0.3 is 10.7 Å². The molecule has 0 atom stereocenters. The number of rotatable bonds is 3. The van der Waals surface area contributed by atoms with E-state index in [9.17, 15) is 4.79 Å². The quantitative estimate of drug-likeness (QED) is 0.750. The van der Waals surface area contributed by atoms with Crippen molar-refractivity contribution in [3.8, 4) is 11.3 Å². The molecule has 1 fully saturated rings. The molecule has 1 aromatic carbocycles. The lowest BCUT2D eigenvalue weighted by Crippen LogP contribution is -2.39. The number of aryl methyl sites for hydroxylation is 1. The smallest absolute Gasteiger partial charge is 0.326 e. The monoisotopic (exact) mass is 338 g/mol. The summed E-state index contributed by atoms with van der Waals surface area (Å²) in [5.74, 6) is 0. The van der Waals surface area contributed by atoms with Crippen LogP contribution < -0.4 is 11.4 Å². The van der Waals surface area contributed by atoms with Crippen molar-refractivity contribution in [2.75, 3.05) is 13.1 Å². The molecule has 1 aliphatic rings. The largest absolute Gasteiger partial charge is 0.328 e. The Hall–Kier alpha value is -2.51. The molecule has 0 saturated carbocycles. The van der Waals surface area contributed by atoms with Crippen LogP contribution in [0.15, 0.2) is 35.4 Å². The predicted octanol–water partition coefficient (Wildman–Crippen LogP) is 1.25. The third-order valence-corrected chi connectivity index (χ3v) is 4.92. The summed E-state index contributed by atoms with van der Waals surface area (Å²) in [4.78, 5) is 26.0. The van der Waals surface area contributed by atoms with Crippen LogP contribution in [0.1, 0.15) is 18.5 Å². The minimum Gasteiger partial charge on any atom is -0.328 e. The standard InChI is InChI=1S/C18H22N6O/c1-23-17-8-12(2-3-15(17)22-18(23)25)16-10-20-14(9-21-16)11-24-6-4-13(19)5-7-24/h2-3,8-10,13H,4-7,11,19H2,1H3,(H,22,25). The lowest BCUT2D eigenvalue weighted by atomic mass is 10.1. The van der Waals surface area contributed by atoms with Gasteiger partial charge in [-0.25, -0.2) is 4.79 Å².